The van der Waals surface area contributed by atoms with E-state index in [1.807, 2.05) is 39.0 Å². The lowest BCUT2D eigenvalue weighted by Gasteiger charge is -2.19. The summed E-state index contributed by atoms with van der Waals surface area (Å²) in [7, 11) is 0. The van der Waals surface area contributed by atoms with Gasteiger partial charge in [0, 0.05) is 9.86 Å². The first kappa shape index (κ1) is 14.6. The second-order valence-corrected chi connectivity index (χ2v) is 6.19. The normalized spacial score (nSPS) is 11.1. The zero-order valence-electron chi connectivity index (χ0n) is 11.8. The smallest absolute Gasteiger partial charge is 0.435 e. The first-order chi connectivity index (χ1) is 9.31. The Balaban J connectivity index is 2.59. The van der Waals surface area contributed by atoms with Crippen molar-refractivity contribution in [2.24, 2.45) is 0 Å². The van der Waals surface area contributed by atoms with Gasteiger partial charge in [0.05, 0.1) is 5.52 Å². The van der Waals surface area contributed by atoms with Crippen LogP contribution in [0.4, 0.5) is 4.79 Å². The molecule has 5 heteroatoms. The van der Waals surface area contributed by atoms with Gasteiger partial charge < -0.3 is 4.74 Å². The Morgan fingerprint density at radius 2 is 2.10 bits per heavy atom. The fourth-order valence-corrected chi connectivity index (χ4v) is 2.11. The molecule has 0 saturated heterocycles. The van der Waals surface area contributed by atoms with Crippen molar-refractivity contribution in [2.45, 2.75) is 33.3 Å². The fraction of sp³-hybridized carbons (Fsp3) is 0.333. The lowest BCUT2D eigenvalue weighted by molar-refractivity contribution is 0.0522. The van der Waals surface area contributed by atoms with Gasteiger partial charge in [0.15, 0.2) is 0 Å². The largest absolute Gasteiger partial charge is 0.442 e. The molecule has 0 bridgehead atoms. The maximum atomic E-state index is 12.2. The molecule has 0 saturated carbocycles. The van der Waals surface area contributed by atoms with Crippen molar-refractivity contribution >= 4 is 32.9 Å². The zero-order chi connectivity index (χ0) is 14.9. The minimum Gasteiger partial charge on any atom is -0.442 e. The Morgan fingerprint density at radius 3 is 2.70 bits per heavy atom. The molecule has 0 spiro atoms. The number of ether oxygens (including phenoxy) is 1. The molecule has 0 unspecified atom stereocenters. The average Bonchev–Trinajstić information content (AvgIpc) is 2.66. The Labute approximate surface area is 126 Å². The van der Waals surface area contributed by atoms with Crippen LogP contribution >= 0.6 is 15.9 Å². The second kappa shape index (κ2) is 5.29. The van der Waals surface area contributed by atoms with E-state index in [4.69, 9.17) is 4.74 Å². The predicted octanol–water partition coefficient (Wildman–Crippen LogP) is 3.95. The van der Waals surface area contributed by atoms with E-state index >= 15 is 0 Å². The van der Waals surface area contributed by atoms with Crippen LogP contribution in [0.3, 0.4) is 0 Å². The molecule has 0 amide bonds. The molecular formula is C15H15BrN2O2. The van der Waals surface area contributed by atoms with E-state index in [0.29, 0.717) is 11.2 Å². The van der Waals surface area contributed by atoms with Crippen LogP contribution < -0.4 is 0 Å². The Kier molecular flexibility index (Phi) is 3.87. The summed E-state index contributed by atoms with van der Waals surface area (Å²) in [5.41, 5.74) is 0.677. The van der Waals surface area contributed by atoms with Gasteiger partial charge in [0.2, 0.25) is 0 Å². The van der Waals surface area contributed by atoms with Crippen molar-refractivity contribution in [1.29, 1.82) is 0 Å². The summed E-state index contributed by atoms with van der Waals surface area (Å²) in [6, 6.07) is 5.56. The third-order valence-corrected chi connectivity index (χ3v) is 2.94. The number of aromatic nitrogens is 2. The molecule has 1 aromatic heterocycles. The van der Waals surface area contributed by atoms with E-state index in [2.05, 4.69) is 32.9 Å². The molecule has 1 aromatic carbocycles. The van der Waals surface area contributed by atoms with E-state index < -0.39 is 11.7 Å². The van der Waals surface area contributed by atoms with Gasteiger partial charge in [-0.1, -0.05) is 21.9 Å². The number of halogens is 1. The van der Waals surface area contributed by atoms with Gasteiger partial charge in [-0.15, -0.1) is 0 Å². The SMILES string of the molecule is CC#Cc1nn(C(=O)OC(C)(C)C)c2ccc(Br)cc12. The van der Waals surface area contributed by atoms with Crippen LogP contribution in [0, 0.1) is 11.8 Å². The summed E-state index contributed by atoms with van der Waals surface area (Å²) in [5, 5.41) is 5.07. The summed E-state index contributed by atoms with van der Waals surface area (Å²) in [5.74, 6) is 5.71. The van der Waals surface area contributed by atoms with Gasteiger partial charge in [-0.25, -0.2) is 4.79 Å². The predicted molar refractivity (Wildman–Crippen MR) is 81.6 cm³/mol. The Hall–Kier alpha value is -1.80. The minimum atomic E-state index is -0.568. The summed E-state index contributed by atoms with van der Waals surface area (Å²) < 4.78 is 7.52. The first-order valence-corrected chi connectivity index (χ1v) is 6.95. The summed E-state index contributed by atoms with van der Waals surface area (Å²) >= 11 is 3.41. The second-order valence-electron chi connectivity index (χ2n) is 5.28. The molecule has 104 valence electrons. The molecule has 2 rings (SSSR count). The van der Waals surface area contributed by atoms with Gasteiger partial charge in [-0.05, 0) is 51.8 Å². The summed E-state index contributed by atoms with van der Waals surface area (Å²) in [6.45, 7) is 7.19. The lowest BCUT2D eigenvalue weighted by Crippen LogP contribution is -2.27. The van der Waals surface area contributed by atoms with Gasteiger partial charge in [0.25, 0.3) is 0 Å². The van der Waals surface area contributed by atoms with Crippen molar-refractivity contribution < 1.29 is 9.53 Å². The average molecular weight is 335 g/mol. The number of benzene rings is 1. The molecule has 0 atom stereocenters. The number of rotatable bonds is 0. The highest BCUT2D eigenvalue weighted by atomic mass is 79.9. The van der Waals surface area contributed by atoms with Crippen LogP contribution in [0.5, 0.6) is 0 Å². The minimum absolute atomic E-state index is 0.506. The van der Waals surface area contributed by atoms with Crippen LogP contribution in [-0.4, -0.2) is 21.5 Å². The molecule has 0 fully saturated rings. The summed E-state index contributed by atoms with van der Waals surface area (Å²) in [4.78, 5) is 12.2. The van der Waals surface area contributed by atoms with E-state index in [1.54, 1.807) is 6.92 Å². The molecule has 1 heterocycles. The molecule has 0 radical (unpaired) electrons. The molecule has 2 aromatic rings. The van der Waals surface area contributed by atoms with Crippen molar-refractivity contribution in [3.8, 4) is 11.8 Å². The molecule has 4 nitrogen and oxygen atoms in total. The lowest BCUT2D eigenvalue weighted by atomic mass is 10.2. The topological polar surface area (TPSA) is 44.1 Å². The highest BCUT2D eigenvalue weighted by Crippen LogP contribution is 2.23. The van der Waals surface area contributed by atoms with Crippen LogP contribution in [0.25, 0.3) is 10.9 Å². The fourth-order valence-electron chi connectivity index (χ4n) is 1.75. The Morgan fingerprint density at radius 1 is 1.40 bits per heavy atom. The van der Waals surface area contributed by atoms with Crippen LogP contribution in [0.1, 0.15) is 33.4 Å². The molecule has 0 N–H and O–H groups in total. The van der Waals surface area contributed by atoms with Crippen LogP contribution in [0.15, 0.2) is 22.7 Å². The number of hydrogen-bond donors (Lipinski definition) is 0. The molecule has 0 aliphatic heterocycles. The number of carbonyl (C=O) groups is 1. The third-order valence-electron chi connectivity index (χ3n) is 2.45. The number of hydrogen-bond acceptors (Lipinski definition) is 3. The van der Waals surface area contributed by atoms with Crippen molar-refractivity contribution in [3.63, 3.8) is 0 Å². The summed E-state index contributed by atoms with van der Waals surface area (Å²) in [6.07, 6.45) is -0.506. The first-order valence-electron chi connectivity index (χ1n) is 6.16. The monoisotopic (exact) mass is 334 g/mol. The number of carbonyl (C=O) groups excluding carboxylic acids is 1. The molecule has 0 aliphatic carbocycles. The Bertz CT molecular complexity index is 730. The number of nitrogens with zero attached hydrogens (tertiary/aromatic N) is 2. The third kappa shape index (κ3) is 3.02. The maximum Gasteiger partial charge on any atom is 0.435 e. The maximum absolute atomic E-state index is 12.2. The number of fused-ring (bicyclic) bond motifs is 1. The van der Waals surface area contributed by atoms with E-state index in [9.17, 15) is 4.79 Å². The van der Waals surface area contributed by atoms with E-state index in [-0.39, 0.29) is 0 Å². The standard InChI is InChI=1S/C15H15BrN2O2/c1-5-6-12-11-9-10(16)7-8-13(11)18(17-12)14(19)20-15(2,3)4/h7-9H,1-4H3. The molecule has 0 aliphatic rings. The van der Waals surface area contributed by atoms with Crippen LogP contribution in [-0.2, 0) is 4.74 Å². The van der Waals surface area contributed by atoms with Crippen molar-refractivity contribution in [2.75, 3.05) is 0 Å². The van der Waals surface area contributed by atoms with E-state index in [1.165, 1.54) is 4.68 Å². The van der Waals surface area contributed by atoms with Crippen molar-refractivity contribution in [3.05, 3.63) is 28.4 Å². The molecule has 20 heavy (non-hydrogen) atoms. The van der Waals surface area contributed by atoms with E-state index in [0.717, 1.165) is 9.86 Å². The quantitative estimate of drug-likeness (QED) is 0.685. The van der Waals surface area contributed by atoms with Gasteiger partial charge in [-0.3, -0.25) is 0 Å². The highest BCUT2D eigenvalue weighted by molar-refractivity contribution is 9.10. The van der Waals surface area contributed by atoms with Crippen molar-refractivity contribution in [1.82, 2.24) is 9.78 Å². The van der Waals surface area contributed by atoms with Crippen LogP contribution in [0.2, 0.25) is 0 Å². The van der Waals surface area contributed by atoms with Gasteiger partial charge >= 0.3 is 6.09 Å². The van der Waals surface area contributed by atoms with Gasteiger partial charge in [-0.2, -0.15) is 9.78 Å². The highest BCUT2D eigenvalue weighted by Gasteiger charge is 2.21. The van der Waals surface area contributed by atoms with Gasteiger partial charge in [0.1, 0.15) is 11.3 Å². The zero-order valence-corrected chi connectivity index (χ0v) is 13.4. The molecular weight excluding hydrogens is 320 g/mol.